The zero-order chi connectivity index (χ0) is 13.3. The van der Waals surface area contributed by atoms with Gasteiger partial charge in [-0.25, -0.2) is 8.42 Å². The number of hydrogen-bond acceptors (Lipinski definition) is 4. The van der Waals surface area contributed by atoms with Crippen LogP contribution in [-0.4, -0.2) is 31.9 Å². The predicted molar refractivity (Wildman–Crippen MR) is 74.5 cm³/mol. The molecule has 4 nitrogen and oxygen atoms in total. The minimum absolute atomic E-state index is 0.105. The minimum atomic E-state index is -3.40. The first kappa shape index (κ1) is 14.3. The van der Waals surface area contributed by atoms with E-state index in [0.717, 1.165) is 24.2 Å². The Hall–Kier alpha value is -0.140. The highest BCUT2D eigenvalue weighted by Crippen LogP contribution is 2.30. The van der Waals surface area contributed by atoms with Crippen molar-refractivity contribution in [2.75, 3.05) is 13.1 Å². The van der Waals surface area contributed by atoms with E-state index in [2.05, 4.69) is 0 Å². The van der Waals surface area contributed by atoms with Gasteiger partial charge in [-0.05, 0) is 24.5 Å². The van der Waals surface area contributed by atoms with Crippen LogP contribution in [0, 0.1) is 5.92 Å². The van der Waals surface area contributed by atoms with Gasteiger partial charge in [0.1, 0.15) is 4.21 Å². The molecule has 2 heterocycles. The van der Waals surface area contributed by atoms with Crippen LogP contribution in [0.1, 0.15) is 19.8 Å². The number of piperidine rings is 1. The van der Waals surface area contributed by atoms with Crippen LogP contribution in [0.4, 0.5) is 0 Å². The van der Waals surface area contributed by atoms with Gasteiger partial charge in [0.25, 0.3) is 10.0 Å². The number of nitrogens with zero attached hydrogens (tertiary/aromatic N) is 1. The Bertz CT molecular complexity index is 515. The molecule has 0 radical (unpaired) electrons. The Morgan fingerprint density at radius 3 is 2.83 bits per heavy atom. The van der Waals surface area contributed by atoms with Gasteiger partial charge >= 0.3 is 0 Å². The van der Waals surface area contributed by atoms with E-state index >= 15 is 0 Å². The van der Waals surface area contributed by atoms with Crippen LogP contribution in [0.3, 0.4) is 0 Å². The number of sulfonamides is 1. The lowest BCUT2D eigenvalue weighted by atomic mass is 9.92. The first-order valence-corrected chi connectivity index (χ1v) is 8.59. The van der Waals surface area contributed by atoms with Crippen molar-refractivity contribution in [3.05, 3.63) is 16.5 Å². The second kappa shape index (κ2) is 5.46. The summed E-state index contributed by atoms with van der Waals surface area (Å²) in [6.45, 7) is 3.05. The SMILES string of the molecule is CCC1CN(S(=O)(=O)c2ccc(Cl)s2)CCC1N. The summed E-state index contributed by atoms with van der Waals surface area (Å²) in [5.74, 6) is 0.240. The third-order valence-electron chi connectivity index (χ3n) is 3.42. The molecule has 18 heavy (non-hydrogen) atoms. The molecular formula is C11H17ClN2O2S2. The second-order valence-electron chi connectivity index (χ2n) is 4.54. The molecule has 2 unspecified atom stereocenters. The molecule has 7 heteroatoms. The first-order chi connectivity index (χ1) is 8.45. The number of rotatable bonds is 3. The summed E-state index contributed by atoms with van der Waals surface area (Å²) in [5, 5.41) is 0. The highest BCUT2D eigenvalue weighted by atomic mass is 35.5. The largest absolute Gasteiger partial charge is 0.327 e. The van der Waals surface area contributed by atoms with Crippen LogP contribution < -0.4 is 5.73 Å². The summed E-state index contributed by atoms with van der Waals surface area (Å²) in [6, 6.07) is 3.29. The molecule has 0 aliphatic carbocycles. The summed E-state index contributed by atoms with van der Waals surface area (Å²) in [4.78, 5) is 0. The van der Waals surface area contributed by atoms with Crippen molar-refractivity contribution in [2.24, 2.45) is 11.7 Å². The van der Waals surface area contributed by atoms with Crippen molar-refractivity contribution in [1.29, 1.82) is 0 Å². The summed E-state index contributed by atoms with van der Waals surface area (Å²) < 4.78 is 27.2. The molecule has 1 fully saturated rings. The Balaban J connectivity index is 2.21. The fraction of sp³-hybridized carbons (Fsp3) is 0.636. The van der Waals surface area contributed by atoms with Gasteiger partial charge < -0.3 is 5.73 Å². The van der Waals surface area contributed by atoms with Crippen molar-refractivity contribution in [1.82, 2.24) is 4.31 Å². The number of thiophene rings is 1. The molecule has 0 aromatic carbocycles. The van der Waals surface area contributed by atoms with E-state index in [1.165, 1.54) is 4.31 Å². The monoisotopic (exact) mass is 308 g/mol. The fourth-order valence-electron chi connectivity index (χ4n) is 2.23. The van der Waals surface area contributed by atoms with Crippen molar-refractivity contribution >= 4 is 33.0 Å². The molecule has 0 spiro atoms. The molecule has 102 valence electrons. The molecule has 2 atom stereocenters. The minimum Gasteiger partial charge on any atom is -0.327 e. The Labute approximate surface area is 117 Å². The van der Waals surface area contributed by atoms with E-state index in [1.54, 1.807) is 12.1 Å². The van der Waals surface area contributed by atoms with Crippen LogP contribution in [-0.2, 0) is 10.0 Å². The lowest BCUT2D eigenvalue weighted by molar-refractivity contribution is 0.231. The normalized spacial score (nSPS) is 26.4. The van der Waals surface area contributed by atoms with Crippen LogP contribution in [0.2, 0.25) is 4.34 Å². The summed E-state index contributed by atoms with van der Waals surface area (Å²) in [7, 11) is -3.40. The zero-order valence-electron chi connectivity index (χ0n) is 10.2. The molecule has 2 N–H and O–H groups in total. The molecule has 1 aliphatic heterocycles. The van der Waals surface area contributed by atoms with Gasteiger partial charge in [-0.15, -0.1) is 11.3 Å². The summed E-state index contributed by atoms with van der Waals surface area (Å²) in [5.41, 5.74) is 6.00. The molecule has 0 saturated carbocycles. The molecule has 1 saturated heterocycles. The quantitative estimate of drug-likeness (QED) is 0.930. The first-order valence-electron chi connectivity index (χ1n) is 5.96. The molecule has 1 aromatic rings. The van der Waals surface area contributed by atoms with E-state index in [0.29, 0.717) is 21.6 Å². The average Bonchev–Trinajstić information content (AvgIpc) is 2.77. The van der Waals surface area contributed by atoms with Gasteiger partial charge in [0, 0.05) is 19.1 Å². The second-order valence-corrected chi connectivity index (χ2v) is 8.42. The molecule has 0 amide bonds. The van der Waals surface area contributed by atoms with E-state index in [1.807, 2.05) is 6.92 Å². The van der Waals surface area contributed by atoms with Gasteiger partial charge in [-0.3, -0.25) is 0 Å². The van der Waals surface area contributed by atoms with Crippen molar-refractivity contribution < 1.29 is 8.42 Å². The topological polar surface area (TPSA) is 63.4 Å². The lowest BCUT2D eigenvalue weighted by Gasteiger charge is -2.35. The summed E-state index contributed by atoms with van der Waals surface area (Å²) in [6.07, 6.45) is 1.62. The average molecular weight is 309 g/mol. The number of hydrogen-bond donors (Lipinski definition) is 1. The van der Waals surface area contributed by atoms with Crippen molar-refractivity contribution in [3.63, 3.8) is 0 Å². The van der Waals surface area contributed by atoms with E-state index < -0.39 is 10.0 Å². The summed E-state index contributed by atoms with van der Waals surface area (Å²) >= 11 is 6.90. The zero-order valence-corrected chi connectivity index (χ0v) is 12.6. The van der Waals surface area contributed by atoms with Crippen LogP contribution in [0.25, 0.3) is 0 Å². The van der Waals surface area contributed by atoms with E-state index in [9.17, 15) is 8.42 Å². The number of halogens is 1. The molecule has 2 rings (SSSR count). The van der Waals surface area contributed by atoms with Gasteiger partial charge in [0.05, 0.1) is 4.34 Å². The highest BCUT2D eigenvalue weighted by Gasteiger charge is 2.33. The van der Waals surface area contributed by atoms with E-state index in [4.69, 9.17) is 17.3 Å². The molecular weight excluding hydrogens is 292 g/mol. The molecule has 0 bridgehead atoms. The van der Waals surface area contributed by atoms with Gasteiger partial charge in [0.2, 0.25) is 0 Å². The lowest BCUT2D eigenvalue weighted by Crippen LogP contribution is -2.48. The maximum atomic E-state index is 12.4. The van der Waals surface area contributed by atoms with Gasteiger partial charge in [-0.2, -0.15) is 4.31 Å². The van der Waals surface area contributed by atoms with Gasteiger partial charge in [0.15, 0.2) is 0 Å². The smallest absolute Gasteiger partial charge is 0.252 e. The Morgan fingerprint density at radius 2 is 2.28 bits per heavy atom. The van der Waals surface area contributed by atoms with Gasteiger partial charge in [-0.1, -0.05) is 24.9 Å². The van der Waals surface area contributed by atoms with Crippen molar-refractivity contribution in [3.8, 4) is 0 Å². The maximum Gasteiger partial charge on any atom is 0.252 e. The molecule has 1 aromatic heterocycles. The third-order valence-corrected chi connectivity index (χ3v) is 6.99. The predicted octanol–water partition coefficient (Wildman–Crippen LogP) is 2.15. The Morgan fingerprint density at radius 1 is 1.56 bits per heavy atom. The maximum absolute atomic E-state index is 12.4. The van der Waals surface area contributed by atoms with E-state index in [-0.39, 0.29) is 12.0 Å². The fourth-order valence-corrected chi connectivity index (χ4v) is 5.38. The standard InChI is InChI=1S/C11H17ClN2O2S2/c1-2-8-7-14(6-5-9(8)13)18(15,16)11-4-3-10(12)17-11/h3-4,8-9H,2,5-7,13H2,1H3. The van der Waals surface area contributed by atoms with Crippen LogP contribution in [0.15, 0.2) is 16.3 Å². The number of nitrogens with two attached hydrogens (primary N) is 1. The molecule has 1 aliphatic rings. The van der Waals surface area contributed by atoms with Crippen molar-refractivity contribution in [2.45, 2.75) is 30.0 Å². The third kappa shape index (κ3) is 2.72. The van der Waals surface area contributed by atoms with Crippen LogP contribution in [0.5, 0.6) is 0 Å². The van der Waals surface area contributed by atoms with Crippen LogP contribution >= 0.6 is 22.9 Å². The highest BCUT2D eigenvalue weighted by molar-refractivity contribution is 7.91. The Kier molecular flexibility index (Phi) is 4.33.